The lowest BCUT2D eigenvalue weighted by Crippen LogP contribution is -2.53. The number of carbonyl (C=O) groups is 1. The molecule has 6 nitrogen and oxygen atoms in total. The Bertz CT molecular complexity index is 798. The first-order chi connectivity index (χ1) is 12.0. The maximum absolute atomic E-state index is 13.3. The third-order valence-corrected chi connectivity index (χ3v) is 5.80. The van der Waals surface area contributed by atoms with Crippen molar-refractivity contribution in [1.82, 2.24) is 15.1 Å². The maximum atomic E-state index is 13.3. The molecule has 2 fully saturated rings. The van der Waals surface area contributed by atoms with E-state index in [1.807, 2.05) is 30.9 Å². The van der Waals surface area contributed by atoms with Crippen molar-refractivity contribution < 1.29 is 14.6 Å². The standard InChI is InChI=1S/C19H25N3O3/c1-12-8-13-10-20-21-17(13)14(9-12)18(23)22-6-3-4-16(22)15-11-25-7-5-19(15,2)24/h8-10,15-16,24H,3-7,11H2,1-2H3,(H,20,21)/t15-,16-,19+/m1/s1. The van der Waals surface area contributed by atoms with Crippen LogP contribution in [0.3, 0.4) is 0 Å². The molecule has 2 N–H and O–H groups in total. The van der Waals surface area contributed by atoms with Crippen molar-refractivity contribution in [2.24, 2.45) is 5.92 Å². The predicted octanol–water partition coefficient (Wildman–Crippen LogP) is 2.26. The van der Waals surface area contributed by atoms with Gasteiger partial charge in [0.25, 0.3) is 5.91 Å². The van der Waals surface area contributed by atoms with Crippen LogP contribution in [0.15, 0.2) is 18.3 Å². The van der Waals surface area contributed by atoms with Crippen LogP contribution in [0.4, 0.5) is 0 Å². The van der Waals surface area contributed by atoms with Crippen molar-refractivity contribution in [3.63, 3.8) is 0 Å². The molecule has 2 aliphatic heterocycles. The largest absolute Gasteiger partial charge is 0.390 e. The van der Waals surface area contributed by atoms with Crippen molar-refractivity contribution in [3.8, 4) is 0 Å². The molecular formula is C19H25N3O3. The fraction of sp³-hybridized carbons (Fsp3) is 0.579. The Morgan fingerprint density at radius 1 is 1.48 bits per heavy atom. The second kappa shape index (κ2) is 6.11. The molecule has 134 valence electrons. The number of likely N-dealkylation sites (tertiary alicyclic amines) is 1. The van der Waals surface area contributed by atoms with Crippen LogP contribution >= 0.6 is 0 Å². The average molecular weight is 343 g/mol. The molecule has 1 aromatic heterocycles. The number of H-pyrrole nitrogens is 1. The number of ether oxygens (including phenoxy) is 1. The third kappa shape index (κ3) is 2.83. The number of hydrogen-bond donors (Lipinski definition) is 2. The predicted molar refractivity (Wildman–Crippen MR) is 94.4 cm³/mol. The Hall–Kier alpha value is -1.92. The Labute approximate surface area is 147 Å². The molecule has 3 atom stereocenters. The van der Waals surface area contributed by atoms with E-state index in [2.05, 4.69) is 10.2 Å². The van der Waals surface area contributed by atoms with Gasteiger partial charge in [0.05, 0.1) is 29.5 Å². The molecule has 6 heteroatoms. The lowest BCUT2D eigenvalue weighted by molar-refractivity contribution is -0.119. The fourth-order valence-corrected chi connectivity index (χ4v) is 4.37. The fourth-order valence-electron chi connectivity index (χ4n) is 4.37. The van der Waals surface area contributed by atoms with E-state index < -0.39 is 5.60 Å². The third-order valence-electron chi connectivity index (χ3n) is 5.80. The Balaban J connectivity index is 1.68. The number of nitrogens with zero attached hydrogens (tertiary/aromatic N) is 2. The van der Waals surface area contributed by atoms with E-state index in [1.165, 1.54) is 0 Å². The first kappa shape index (κ1) is 16.5. The smallest absolute Gasteiger partial charge is 0.256 e. The molecule has 0 bridgehead atoms. The van der Waals surface area contributed by atoms with E-state index in [0.29, 0.717) is 25.2 Å². The summed E-state index contributed by atoms with van der Waals surface area (Å²) in [6, 6.07) is 3.96. The number of rotatable bonds is 2. The number of hydrogen-bond acceptors (Lipinski definition) is 4. The highest BCUT2D eigenvalue weighted by Gasteiger charge is 2.45. The minimum atomic E-state index is -0.790. The summed E-state index contributed by atoms with van der Waals surface area (Å²) in [4.78, 5) is 15.3. The van der Waals surface area contributed by atoms with Crippen molar-refractivity contribution in [3.05, 3.63) is 29.5 Å². The number of carbonyl (C=O) groups excluding carboxylic acids is 1. The average Bonchev–Trinajstić information content (AvgIpc) is 3.21. The second-order valence-electron chi connectivity index (χ2n) is 7.64. The van der Waals surface area contributed by atoms with Gasteiger partial charge >= 0.3 is 0 Å². The van der Waals surface area contributed by atoms with Gasteiger partial charge in [-0.25, -0.2) is 0 Å². The number of fused-ring (bicyclic) bond motifs is 1. The minimum absolute atomic E-state index is 0.0151. The van der Waals surface area contributed by atoms with Gasteiger partial charge in [0.15, 0.2) is 0 Å². The van der Waals surface area contributed by atoms with Gasteiger partial charge in [-0.2, -0.15) is 5.10 Å². The molecule has 0 saturated carbocycles. The molecule has 2 aromatic rings. The van der Waals surface area contributed by atoms with Crippen LogP contribution in [0.5, 0.6) is 0 Å². The number of aromatic nitrogens is 2. The van der Waals surface area contributed by atoms with Crippen molar-refractivity contribution in [1.29, 1.82) is 0 Å². The summed E-state index contributed by atoms with van der Waals surface area (Å²) in [7, 11) is 0. The van der Waals surface area contributed by atoms with Gasteiger partial charge in [0, 0.05) is 30.5 Å². The van der Waals surface area contributed by atoms with Gasteiger partial charge in [-0.3, -0.25) is 9.89 Å². The summed E-state index contributed by atoms with van der Waals surface area (Å²) in [6.07, 6.45) is 4.24. The molecular weight excluding hydrogens is 318 g/mol. The number of amides is 1. The van der Waals surface area contributed by atoms with Gasteiger partial charge in [-0.15, -0.1) is 0 Å². The van der Waals surface area contributed by atoms with Crippen LogP contribution in [-0.2, 0) is 4.74 Å². The number of benzene rings is 1. The molecule has 2 aliphatic rings. The van der Waals surface area contributed by atoms with Gasteiger partial charge in [-0.1, -0.05) is 0 Å². The van der Waals surface area contributed by atoms with Crippen LogP contribution in [0.2, 0.25) is 0 Å². The maximum Gasteiger partial charge on any atom is 0.256 e. The monoisotopic (exact) mass is 343 g/mol. The number of nitrogens with one attached hydrogen (secondary N) is 1. The molecule has 4 rings (SSSR count). The van der Waals surface area contributed by atoms with Gasteiger partial charge in [0.2, 0.25) is 0 Å². The highest BCUT2D eigenvalue weighted by Crippen LogP contribution is 2.37. The molecule has 2 saturated heterocycles. The second-order valence-corrected chi connectivity index (χ2v) is 7.64. The molecule has 1 aromatic carbocycles. The van der Waals surface area contributed by atoms with Gasteiger partial charge < -0.3 is 14.7 Å². The zero-order valence-corrected chi connectivity index (χ0v) is 14.8. The van der Waals surface area contributed by atoms with E-state index >= 15 is 0 Å². The van der Waals surface area contributed by atoms with Crippen molar-refractivity contribution >= 4 is 16.8 Å². The number of aryl methyl sites for hydroxylation is 1. The van der Waals surface area contributed by atoms with E-state index in [0.717, 1.165) is 35.9 Å². The van der Waals surface area contributed by atoms with Crippen LogP contribution < -0.4 is 0 Å². The summed E-state index contributed by atoms with van der Waals surface area (Å²) in [5.74, 6) is -0.0309. The first-order valence-corrected chi connectivity index (χ1v) is 9.02. The normalized spacial score (nSPS) is 30.1. The van der Waals surface area contributed by atoms with Crippen molar-refractivity contribution in [2.75, 3.05) is 19.8 Å². The quantitative estimate of drug-likeness (QED) is 0.877. The Kier molecular flexibility index (Phi) is 4.04. The van der Waals surface area contributed by atoms with Crippen LogP contribution in [0, 0.1) is 12.8 Å². The Morgan fingerprint density at radius 2 is 2.32 bits per heavy atom. The molecule has 3 heterocycles. The van der Waals surface area contributed by atoms with E-state index in [4.69, 9.17) is 4.74 Å². The SMILES string of the molecule is Cc1cc(C(=O)N2CCC[C@@H]2[C@H]2COCC[C@]2(C)O)c2[nH]ncc2c1. The molecule has 0 radical (unpaired) electrons. The summed E-state index contributed by atoms with van der Waals surface area (Å²) < 4.78 is 5.63. The lowest BCUT2D eigenvalue weighted by atomic mass is 9.79. The topological polar surface area (TPSA) is 78.5 Å². The number of aromatic amines is 1. The first-order valence-electron chi connectivity index (χ1n) is 9.02. The zero-order chi connectivity index (χ0) is 17.6. The van der Waals surface area contributed by atoms with Gasteiger partial charge in [-0.05, 0) is 50.8 Å². The summed E-state index contributed by atoms with van der Waals surface area (Å²) >= 11 is 0. The summed E-state index contributed by atoms with van der Waals surface area (Å²) in [6.45, 7) is 5.68. The zero-order valence-electron chi connectivity index (χ0n) is 14.8. The molecule has 1 amide bonds. The van der Waals surface area contributed by atoms with E-state index in [1.54, 1.807) is 6.20 Å². The van der Waals surface area contributed by atoms with Gasteiger partial charge in [0.1, 0.15) is 0 Å². The lowest BCUT2D eigenvalue weighted by Gasteiger charge is -2.43. The minimum Gasteiger partial charge on any atom is -0.390 e. The molecule has 0 aliphatic carbocycles. The molecule has 0 unspecified atom stereocenters. The summed E-state index contributed by atoms with van der Waals surface area (Å²) in [5.41, 5.74) is 1.70. The van der Waals surface area contributed by atoms with Crippen LogP contribution in [0.25, 0.3) is 10.9 Å². The molecule has 0 spiro atoms. The molecule has 25 heavy (non-hydrogen) atoms. The summed E-state index contributed by atoms with van der Waals surface area (Å²) in [5, 5.41) is 18.8. The van der Waals surface area contributed by atoms with E-state index in [-0.39, 0.29) is 17.9 Å². The van der Waals surface area contributed by atoms with Crippen LogP contribution in [0.1, 0.15) is 42.1 Å². The van der Waals surface area contributed by atoms with Crippen LogP contribution in [-0.4, -0.2) is 57.5 Å². The highest BCUT2D eigenvalue weighted by molar-refractivity contribution is 6.06. The van der Waals surface area contributed by atoms with Crippen molar-refractivity contribution in [2.45, 2.75) is 44.8 Å². The van der Waals surface area contributed by atoms with E-state index in [9.17, 15) is 9.90 Å². The Morgan fingerprint density at radius 3 is 3.12 bits per heavy atom. The number of aliphatic hydroxyl groups is 1. The highest BCUT2D eigenvalue weighted by atomic mass is 16.5.